The van der Waals surface area contributed by atoms with E-state index in [2.05, 4.69) is 5.10 Å². The van der Waals surface area contributed by atoms with Crippen molar-refractivity contribution in [2.45, 2.75) is 20.4 Å². The van der Waals surface area contributed by atoms with Gasteiger partial charge in [0, 0.05) is 5.69 Å². The van der Waals surface area contributed by atoms with E-state index in [-0.39, 0.29) is 10.8 Å². The van der Waals surface area contributed by atoms with Gasteiger partial charge < -0.3 is 0 Å². The molecule has 2 aromatic rings. The molecule has 1 heterocycles. The average molecular weight is 239 g/mol. The molecule has 0 fully saturated rings. The van der Waals surface area contributed by atoms with Gasteiger partial charge in [-0.1, -0.05) is 17.7 Å². The van der Waals surface area contributed by atoms with Crippen LogP contribution in [0.4, 0.5) is 4.39 Å². The van der Waals surface area contributed by atoms with Crippen LogP contribution >= 0.6 is 11.6 Å². The Morgan fingerprint density at radius 3 is 2.62 bits per heavy atom. The largest absolute Gasteiger partial charge is 0.265 e. The maximum absolute atomic E-state index is 13.2. The monoisotopic (exact) mass is 238 g/mol. The summed E-state index contributed by atoms with van der Waals surface area (Å²) >= 11 is 5.62. The van der Waals surface area contributed by atoms with Crippen molar-refractivity contribution in [1.29, 1.82) is 0 Å². The summed E-state index contributed by atoms with van der Waals surface area (Å²) in [6.45, 7) is 4.48. The first-order valence-electron chi connectivity index (χ1n) is 5.01. The lowest BCUT2D eigenvalue weighted by molar-refractivity contribution is 0.616. The van der Waals surface area contributed by atoms with E-state index in [9.17, 15) is 4.39 Å². The summed E-state index contributed by atoms with van der Waals surface area (Å²) in [5.74, 6) is -0.388. The van der Waals surface area contributed by atoms with Crippen molar-refractivity contribution in [3.05, 3.63) is 52.1 Å². The van der Waals surface area contributed by atoms with E-state index in [1.54, 1.807) is 6.07 Å². The van der Waals surface area contributed by atoms with Crippen LogP contribution in [0.3, 0.4) is 0 Å². The summed E-state index contributed by atoms with van der Waals surface area (Å²) < 4.78 is 15.1. The molecule has 0 spiro atoms. The highest BCUT2D eigenvalue weighted by molar-refractivity contribution is 6.30. The summed E-state index contributed by atoms with van der Waals surface area (Å²) in [5.41, 5.74) is 2.88. The van der Waals surface area contributed by atoms with Gasteiger partial charge in [0.1, 0.15) is 5.82 Å². The van der Waals surface area contributed by atoms with Crippen molar-refractivity contribution in [2.24, 2.45) is 0 Å². The topological polar surface area (TPSA) is 17.8 Å². The number of aryl methyl sites for hydroxylation is 2. The highest BCUT2D eigenvalue weighted by Gasteiger charge is 2.04. The Labute approximate surface area is 98.7 Å². The highest BCUT2D eigenvalue weighted by atomic mass is 35.5. The van der Waals surface area contributed by atoms with Gasteiger partial charge in [-0.15, -0.1) is 0 Å². The van der Waals surface area contributed by atoms with E-state index in [1.807, 2.05) is 30.7 Å². The number of benzene rings is 1. The van der Waals surface area contributed by atoms with Gasteiger partial charge in [-0.3, -0.25) is 4.68 Å². The molecule has 16 heavy (non-hydrogen) atoms. The highest BCUT2D eigenvalue weighted by Crippen LogP contribution is 2.16. The number of nitrogens with zero attached hydrogens (tertiary/aromatic N) is 2. The molecule has 0 atom stereocenters. The lowest BCUT2D eigenvalue weighted by Gasteiger charge is -2.05. The zero-order valence-corrected chi connectivity index (χ0v) is 9.92. The molecule has 0 radical (unpaired) electrons. The fourth-order valence-corrected chi connectivity index (χ4v) is 1.76. The van der Waals surface area contributed by atoms with Gasteiger partial charge in [0.25, 0.3) is 0 Å². The molecule has 1 aromatic carbocycles. The van der Waals surface area contributed by atoms with Gasteiger partial charge in [-0.2, -0.15) is 5.10 Å². The molecular weight excluding hydrogens is 227 g/mol. The molecule has 4 heteroatoms. The number of halogens is 2. The van der Waals surface area contributed by atoms with Gasteiger partial charge in [0.2, 0.25) is 0 Å². The van der Waals surface area contributed by atoms with Crippen LogP contribution in [0.2, 0.25) is 5.02 Å². The van der Waals surface area contributed by atoms with Crippen molar-refractivity contribution in [2.75, 3.05) is 0 Å². The summed E-state index contributed by atoms with van der Waals surface area (Å²) in [7, 11) is 0. The number of rotatable bonds is 2. The smallest absolute Gasteiger partial charge is 0.142 e. The molecule has 0 bridgehead atoms. The molecule has 0 aliphatic rings. The van der Waals surface area contributed by atoms with E-state index in [4.69, 9.17) is 11.6 Å². The van der Waals surface area contributed by atoms with E-state index in [1.165, 1.54) is 6.07 Å². The van der Waals surface area contributed by atoms with Crippen LogP contribution in [0.1, 0.15) is 17.0 Å². The number of hydrogen-bond acceptors (Lipinski definition) is 1. The SMILES string of the molecule is Cc1cc(C)n(Cc2ccc(Cl)c(F)c2)n1. The van der Waals surface area contributed by atoms with E-state index >= 15 is 0 Å². The van der Waals surface area contributed by atoms with Crippen LogP contribution in [-0.4, -0.2) is 9.78 Å². The molecule has 0 aliphatic carbocycles. The summed E-state index contributed by atoms with van der Waals surface area (Å²) in [4.78, 5) is 0. The van der Waals surface area contributed by atoms with E-state index < -0.39 is 0 Å². The van der Waals surface area contributed by atoms with Gasteiger partial charge in [0.05, 0.1) is 17.3 Å². The van der Waals surface area contributed by atoms with Gasteiger partial charge in [-0.25, -0.2) is 4.39 Å². The van der Waals surface area contributed by atoms with Crippen molar-refractivity contribution in [3.8, 4) is 0 Å². The molecule has 2 rings (SSSR count). The van der Waals surface area contributed by atoms with Crippen LogP contribution < -0.4 is 0 Å². The molecule has 0 saturated carbocycles. The molecule has 0 unspecified atom stereocenters. The lowest BCUT2D eigenvalue weighted by Crippen LogP contribution is -2.04. The second-order valence-electron chi connectivity index (χ2n) is 3.83. The Morgan fingerprint density at radius 1 is 1.31 bits per heavy atom. The molecule has 2 nitrogen and oxygen atoms in total. The minimum absolute atomic E-state index is 0.150. The molecular formula is C12H12ClFN2. The fourth-order valence-electron chi connectivity index (χ4n) is 1.65. The molecule has 0 aliphatic heterocycles. The van der Waals surface area contributed by atoms with Crippen molar-refractivity contribution in [3.63, 3.8) is 0 Å². The normalized spacial score (nSPS) is 10.8. The first-order chi connectivity index (χ1) is 7.56. The van der Waals surface area contributed by atoms with E-state index in [0.717, 1.165) is 17.0 Å². The fraction of sp³-hybridized carbons (Fsp3) is 0.250. The maximum atomic E-state index is 13.2. The minimum Gasteiger partial charge on any atom is -0.265 e. The number of hydrogen-bond donors (Lipinski definition) is 0. The van der Waals surface area contributed by atoms with Crippen molar-refractivity contribution in [1.82, 2.24) is 9.78 Å². The minimum atomic E-state index is -0.388. The second kappa shape index (κ2) is 4.26. The van der Waals surface area contributed by atoms with Crippen molar-refractivity contribution < 1.29 is 4.39 Å². The molecule has 84 valence electrons. The summed E-state index contributed by atoms with van der Waals surface area (Å²) in [5, 5.41) is 4.47. The lowest BCUT2D eigenvalue weighted by atomic mass is 10.2. The predicted molar refractivity (Wildman–Crippen MR) is 62.2 cm³/mol. The molecule has 1 aromatic heterocycles. The van der Waals surface area contributed by atoms with Gasteiger partial charge in [0.15, 0.2) is 0 Å². The third kappa shape index (κ3) is 2.25. The zero-order chi connectivity index (χ0) is 11.7. The first kappa shape index (κ1) is 11.1. The third-order valence-electron chi connectivity index (χ3n) is 2.42. The molecule has 0 saturated heterocycles. The molecule has 0 N–H and O–H groups in total. The van der Waals surface area contributed by atoms with Gasteiger partial charge in [-0.05, 0) is 37.6 Å². The van der Waals surface area contributed by atoms with Crippen molar-refractivity contribution >= 4 is 11.6 Å². The Balaban J connectivity index is 2.27. The first-order valence-corrected chi connectivity index (χ1v) is 5.39. The Morgan fingerprint density at radius 2 is 2.06 bits per heavy atom. The van der Waals surface area contributed by atoms with Crippen LogP contribution in [0.25, 0.3) is 0 Å². The van der Waals surface area contributed by atoms with Crippen LogP contribution in [0.5, 0.6) is 0 Å². The third-order valence-corrected chi connectivity index (χ3v) is 2.73. The van der Waals surface area contributed by atoms with Crippen LogP contribution in [0.15, 0.2) is 24.3 Å². The summed E-state index contributed by atoms with van der Waals surface area (Å²) in [6.07, 6.45) is 0. The quantitative estimate of drug-likeness (QED) is 0.785. The zero-order valence-electron chi connectivity index (χ0n) is 9.17. The predicted octanol–water partition coefficient (Wildman–Crippen LogP) is 3.34. The summed E-state index contributed by atoms with van der Waals surface area (Å²) in [6, 6.07) is 6.81. The standard InChI is InChI=1S/C12H12ClFN2/c1-8-5-9(2)16(15-8)7-10-3-4-11(13)12(14)6-10/h3-6H,7H2,1-2H3. The Kier molecular flexibility index (Phi) is 2.97. The second-order valence-corrected chi connectivity index (χ2v) is 4.24. The maximum Gasteiger partial charge on any atom is 0.142 e. The average Bonchev–Trinajstić information content (AvgIpc) is 2.51. The molecule has 0 amide bonds. The Bertz CT molecular complexity index is 520. The van der Waals surface area contributed by atoms with E-state index in [0.29, 0.717) is 6.54 Å². The Hall–Kier alpha value is -1.35. The van der Waals surface area contributed by atoms with Crippen LogP contribution in [0, 0.1) is 19.7 Å². The number of aromatic nitrogens is 2. The van der Waals surface area contributed by atoms with Gasteiger partial charge >= 0.3 is 0 Å². The van der Waals surface area contributed by atoms with Crippen LogP contribution in [-0.2, 0) is 6.54 Å².